The molecule has 0 aliphatic carbocycles. The van der Waals surface area contributed by atoms with E-state index in [2.05, 4.69) is 26.6 Å². The van der Waals surface area contributed by atoms with Crippen LogP contribution in [0, 0.1) is 0 Å². The molecular weight excluding hydrogens is 312 g/mol. The van der Waals surface area contributed by atoms with Gasteiger partial charge in [0.25, 0.3) is 0 Å². The highest BCUT2D eigenvalue weighted by Gasteiger charge is 2.03. The van der Waals surface area contributed by atoms with Crippen molar-refractivity contribution in [2.75, 3.05) is 45.3 Å². The molecule has 0 unspecified atom stereocenters. The van der Waals surface area contributed by atoms with Gasteiger partial charge in [-0.2, -0.15) is 0 Å². The first-order valence-corrected chi connectivity index (χ1v) is 6.85. The minimum absolute atomic E-state index is 0.0798. The van der Waals surface area contributed by atoms with Crippen molar-refractivity contribution < 1.29 is 14.3 Å². The van der Waals surface area contributed by atoms with Crippen molar-refractivity contribution in [3.63, 3.8) is 0 Å². The average molecular weight is 331 g/mol. The van der Waals surface area contributed by atoms with Gasteiger partial charge in [0.05, 0.1) is 32.1 Å². The number of hydrogen-bond acceptors (Lipinski definition) is 4. The summed E-state index contributed by atoms with van der Waals surface area (Å²) in [7, 11) is 1.63. The zero-order chi connectivity index (χ0) is 13.9. The Morgan fingerprint density at radius 2 is 2.05 bits per heavy atom. The van der Waals surface area contributed by atoms with Crippen LogP contribution in [-0.2, 0) is 14.3 Å². The summed E-state index contributed by atoms with van der Waals surface area (Å²) in [6.45, 7) is 2.61. The van der Waals surface area contributed by atoms with Gasteiger partial charge in [-0.1, -0.05) is 12.1 Å². The van der Waals surface area contributed by atoms with E-state index in [-0.39, 0.29) is 12.5 Å². The molecule has 1 rings (SSSR count). The third-order valence-electron chi connectivity index (χ3n) is 2.29. The number of anilines is 1. The van der Waals surface area contributed by atoms with Crippen LogP contribution in [0.3, 0.4) is 0 Å². The Labute approximate surface area is 121 Å². The number of benzene rings is 1. The molecule has 1 aromatic carbocycles. The largest absolute Gasteiger partial charge is 0.382 e. The summed E-state index contributed by atoms with van der Waals surface area (Å²) >= 11 is 3.37. The maximum Gasteiger partial charge on any atom is 0.238 e. The van der Waals surface area contributed by atoms with Crippen LogP contribution < -0.4 is 10.6 Å². The standard InChI is InChI=1S/C13H19BrN2O3/c1-18-8-9-19-7-6-15-10-13(17)16-12-5-3-2-4-11(12)14/h2-5,15H,6-10H2,1H3,(H,16,17). The molecule has 0 fully saturated rings. The third kappa shape index (κ3) is 7.27. The van der Waals surface area contributed by atoms with Gasteiger partial charge >= 0.3 is 0 Å². The van der Waals surface area contributed by atoms with E-state index in [9.17, 15) is 4.79 Å². The Morgan fingerprint density at radius 3 is 2.79 bits per heavy atom. The number of ether oxygens (including phenoxy) is 2. The molecule has 0 heterocycles. The van der Waals surface area contributed by atoms with Crippen LogP contribution in [0.2, 0.25) is 0 Å². The number of amides is 1. The second kappa shape index (κ2) is 9.91. The smallest absolute Gasteiger partial charge is 0.238 e. The highest BCUT2D eigenvalue weighted by molar-refractivity contribution is 9.10. The van der Waals surface area contributed by atoms with E-state index < -0.39 is 0 Å². The molecule has 2 N–H and O–H groups in total. The Kier molecular flexibility index (Phi) is 8.40. The first-order chi connectivity index (χ1) is 9.24. The second-order valence-electron chi connectivity index (χ2n) is 3.81. The maximum absolute atomic E-state index is 11.6. The topological polar surface area (TPSA) is 59.6 Å². The molecule has 19 heavy (non-hydrogen) atoms. The summed E-state index contributed by atoms with van der Waals surface area (Å²) < 4.78 is 11.0. The molecule has 0 aliphatic heterocycles. The summed E-state index contributed by atoms with van der Waals surface area (Å²) in [5, 5.41) is 5.82. The van der Waals surface area contributed by atoms with Crippen LogP contribution in [0.4, 0.5) is 5.69 Å². The zero-order valence-corrected chi connectivity index (χ0v) is 12.5. The normalized spacial score (nSPS) is 10.4. The summed E-state index contributed by atoms with van der Waals surface area (Å²) in [6.07, 6.45) is 0. The van der Waals surface area contributed by atoms with E-state index >= 15 is 0 Å². The maximum atomic E-state index is 11.6. The third-order valence-corrected chi connectivity index (χ3v) is 2.98. The lowest BCUT2D eigenvalue weighted by atomic mass is 10.3. The fraction of sp³-hybridized carbons (Fsp3) is 0.462. The molecule has 1 aromatic rings. The van der Waals surface area contributed by atoms with E-state index in [1.54, 1.807) is 7.11 Å². The van der Waals surface area contributed by atoms with Gasteiger partial charge in [-0.05, 0) is 28.1 Å². The number of carbonyl (C=O) groups excluding carboxylic acids is 1. The molecule has 0 bridgehead atoms. The lowest BCUT2D eigenvalue weighted by Gasteiger charge is -2.08. The Morgan fingerprint density at radius 1 is 1.26 bits per heavy atom. The van der Waals surface area contributed by atoms with E-state index in [1.165, 1.54) is 0 Å². The van der Waals surface area contributed by atoms with Crippen LogP contribution in [0.5, 0.6) is 0 Å². The minimum Gasteiger partial charge on any atom is -0.382 e. The number of rotatable bonds is 9. The van der Waals surface area contributed by atoms with Gasteiger partial charge in [0.15, 0.2) is 0 Å². The molecule has 0 aliphatic rings. The first kappa shape index (κ1) is 16.1. The zero-order valence-electron chi connectivity index (χ0n) is 10.9. The molecule has 0 aromatic heterocycles. The van der Waals surface area contributed by atoms with Crippen molar-refractivity contribution in [2.24, 2.45) is 0 Å². The van der Waals surface area contributed by atoms with E-state index in [4.69, 9.17) is 9.47 Å². The molecule has 0 saturated carbocycles. The molecule has 1 amide bonds. The molecule has 0 saturated heterocycles. The SMILES string of the molecule is COCCOCCNCC(=O)Nc1ccccc1Br. The van der Waals surface area contributed by atoms with Crippen molar-refractivity contribution in [3.8, 4) is 0 Å². The summed E-state index contributed by atoms with van der Waals surface area (Å²) in [5.41, 5.74) is 0.769. The fourth-order valence-electron chi connectivity index (χ4n) is 1.35. The van der Waals surface area contributed by atoms with Crippen LogP contribution >= 0.6 is 15.9 Å². The van der Waals surface area contributed by atoms with E-state index in [0.717, 1.165) is 10.2 Å². The molecule has 0 atom stereocenters. The minimum atomic E-state index is -0.0798. The highest BCUT2D eigenvalue weighted by atomic mass is 79.9. The molecule has 6 heteroatoms. The Balaban J connectivity index is 2.10. The molecular formula is C13H19BrN2O3. The highest BCUT2D eigenvalue weighted by Crippen LogP contribution is 2.20. The number of halogens is 1. The first-order valence-electron chi connectivity index (χ1n) is 6.06. The van der Waals surface area contributed by atoms with Crippen LogP contribution in [0.1, 0.15) is 0 Å². The molecule has 0 radical (unpaired) electrons. The predicted octanol–water partition coefficient (Wildman–Crippen LogP) is 1.64. The van der Waals surface area contributed by atoms with Crippen molar-refractivity contribution in [2.45, 2.75) is 0 Å². The summed E-state index contributed by atoms with van der Waals surface area (Å²) in [6, 6.07) is 7.50. The van der Waals surface area contributed by atoms with Crippen molar-refractivity contribution in [1.82, 2.24) is 5.32 Å². The van der Waals surface area contributed by atoms with Crippen molar-refractivity contribution in [1.29, 1.82) is 0 Å². The van der Waals surface area contributed by atoms with Crippen molar-refractivity contribution in [3.05, 3.63) is 28.7 Å². The lowest BCUT2D eigenvalue weighted by molar-refractivity contribution is -0.115. The Hall–Kier alpha value is -0.950. The van der Waals surface area contributed by atoms with Gasteiger partial charge in [0.2, 0.25) is 5.91 Å². The Bertz CT molecular complexity index is 388. The van der Waals surface area contributed by atoms with Gasteiger partial charge in [0.1, 0.15) is 0 Å². The summed E-state index contributed by atoms with van der Waals surface area (Å²) in [4.78, 5) is 11.6. The fourth-order valence-corrected chi connectivity index (χ4v) is 1.73. The monoisotopic (exact) mass is 330 g/mol. The molecule has 106 valence electrons. The van der Waals surface area contributed by atoms with Gasteiger partial charge in [-0.3, -0.25) is 4.79 Å². The van der Waals surface area contributed by atoms with E-state index in [1.807, 2.05) is 24.3 Å². The van der Waals surface area contributed by atoms with Crippen LogP contribution in [0.25, 0.3) is 0 Å². The van der Waals surface area contributed by atoms with Gasteiger partial charge < -0.3 is 20.1 Å². The van der Waals surface area contributed by atoms with Crippen LogP contribution in [0.15, 0.2) is 28.7 Å². The average Bonchev–Trinajstić information content (AvgIpc) is 2.40. The number of carbonyl (C=O) groups is 1. The quantitative estimate of drug-likeness (QED) is 0.676. The van der Waals surface area contributed by atoms with Crippen molar-refractivity contribution >= 4 is 27.5 Å². The number of para-hydroxylation sites is 1. The number of methoxy groups -OCH3 is 1. The summed E-state index contributed by atoms with van der Waals surface area (Å²) in [5.74, 6) is -0.0798. The van der Waals surface area contributed by atoms with Gasteiger partial charge in [-0.25, -0.2) is 0 Å². The van der Waals surface area contributed by atoms with Crippen LogP contribution in [-0.4, -0.2) is 45.9 Å². The van der Waals surface area contributed by atoms with Gasteiger partial charge in [-0.15, -0.1) is 0 Å². The number of nitrogens with one attached hydrogen (secondary N) is 2. The predicted molar refractivity (Wildman–Crippen MR) is 78.3 cm³/mol. The lowest BCUT2D eigenvalue weighted by Crippen LogP contribution is -2.30. The second-order valence-corrected chi connectivity index (χ2v) is 4.66. The van der Waals surface area contributed by atoms with Gasteiger partial charge in [0, 0.05) is 18.1 Å². The molecule has 5 nitrogen and oxygen atoms in total. The molecule has 0 spiro atoms. The van der Waals surface area contributed by atoms with E-state index in [0.29, 0.717) is 26.4 Å². The number of hydrogen-bond donors (Lipinski definition) is 2.